The number of nitrogens with one attached hydrogen (secondary N) is 1. The molecule has 0 radical (unpaired) electrons. The summed E-state index contributed by atoms with van der Waals surface area (Å²) in [5.74, 6) is 7.38. The highest BCUT2D eigenvalue weighted by atomic mass is 32.2. The van der Waals surface area contributed by atoms with Gasteiger partial charge in [0.15, 0.2) is 5.82 Å². The van der Waals surface area contributed by atoms with Crippen molar-refractivity contribution in [3.8, 4) is 5.75 Å². The van der Waals surface area contributed by atoms with Crippen molar-refractivity contribution in [1.82, 2.24) is 14.9 Å². The Morgan fingerprint density at radius 3 is 2.74 bits per heavy atom. The molecule has 31 heavy (non-hydrogen) atoms. The molecule has 4 aromatic rings. The molecule has 0 saturated heterocycles. The number of benzene rings is 3. The molecular formula is C23H23N5O2S. The first-order valence-electron chi connectivity index (χ1n) is 9.81. The summed E-state index contributed by atoms with van der Waals surface area (Å²) >= 11 is 1.22. The summed E-state index contributed by atoms with van der Waals surface area (Å²) in [6.45, 7) is 4.22. The molecule has 1 aromatic heterocycles. The lowest BCUT2D eigenvalue weighted by Gasteiger charge is -2.10. The number of aromatic nitrogens is 3. The standard InChI is InChI=1S/C23H23N5O2S/c1-15-10-11-20(16(2)12-15)30-13-21-26-27-23(28(21)24)31-14-22(29)25-19-9-5-7-17-6-3-4-8-18(17)19/h3-12H,13-14,24H2,1-2H3,(H,25,29). The molecule has 0 bridgehead atoms. The topological polar surface area (TPSA) is 95.1 Å². The van der Waals surface area contributed by atoms with Crippen molar-refractivity contribution < 1.29 is 9.53 Å². The third kappa shape index (κ3) is 4.80. The summed E-state index contributed by atoms with van der Waals surface area (Å²) in [4.78, 5) is 12.5. The van der Waals surface area contributed by atoms with E-state index in [1.807, 2.05) is 68.4 Å². The van der Waals surface area contributed by atoms with Crippen LogP contribution in [0.1, 0.15) is 17.0 Å². The fourth-order valence-electron chi connectivity index (χ4n) is 3.26. The van der Waals surface area contributed by atoms with E-state index in [9.17, 15) is 4.79 Å². The molecule has 3 aromatic carbocycles. The van der Waals surface area contributed by atoms with Crippen molar-refractivity contribution in [3.63, 3.8) is 0 Å². The number of thioether (sulfide) groups is 1. The number of amides is 1. The van der Waals surface area contributed by atoms with Crippen molar-refractivity contribution in [1.29, 1.82) is 0 Å². The number of aryl methyl sites for hydroxylation is 2. The van der Waals surface area contributed by atoms with E-state index in [4.69, 9.17) is 10.6 Å². The molecule has 0 aliphatic carbocycles. The number of hydrogen-bond donors (Lipinski definition) is 2. The molecule has 7 nitrogen and oxygen atoms in total. The number of nitrogen functional groups attached to an aromatic ring is 1. The summed E-state index contributed by atoms with van der Waals surface area (Å²) in [5, 5.41) is 13.7. The normalized spacial score (nSPS) is 10.9. The second-order valence-corrected chi connectivity index (χ2v) is 8.13. The van der Waals surface area contributed by atoms with E-state index in [0.717, 1.165) is 27.8 Å². The smallest absolute Gasteiger partial charge is 0.234 e. The Balaban J connectivity index is 1.35. The number of anilines is 1. The van der Waals surface area contributed by atoms with E-state index < -0.39 is 0 Å². The Hall–Kier alpha value is -3.52. The molecule has 8 heteroatoms. The Bertz CT molecular complexity index is 1230. The zero-order valence-electron chi connectivity index (χ0n) is 17.3. The van der Waals surface area contributed by atoms with Gasteiger partial charge in [-0.25, -0.2) is 4.68 Å². The van der Waals surface area contributed by atoms with Crippen LogP contribution in [0.25, 0.3) is 10.8 Å². The van der Waals surface area contributed by atoms with Crippen molar-refractivity contribution in [2.75, 3.05) is 16.9 Å². The number of hydrogen-bond acceptors (Lipinski definition) is 6. The van der Waals surface area contributed by atoms with Crippen molar-refractivity contribution in [2.24, 2.45) is 0 Å². The first kappa shape index (κ1) is 20.7. The summed E-state index contributed by atoms with van der Waals surface area (Å²) < 4.78 is 7.19. The molecule has 0 aliphatic rings. The van der Waals surface area contributed by atoms with Crippen LogP contribution in [0.5, 0.6) is 5.75 Å². The van der Waals surface area contributed by atoms with Crippen molar-refractivity contribution in [2.45, 2.75) is 25.6 Å². The number of carbonyl (C=O) groups is 1. The monoisotopic (exact) mass is 433 g/mol. The van der Waals surface area contributed by atoms with Gasteiger partial charge >= 0.3 is 0 Å². The van der Waals surface area contributed by atoms with Gasteiger partial charge in [0.05, 0.1) is 5.75 Å². The van der Waals surface area contributed by atoms with Gasteiger partial charge in [0.1, 0.15) is 12.4 Å². The van der Waals surface area contributed by atoms with Crippen LogP contribution in [0.2, 0.25) is 0 Å². The number of rotatable bonds is 7. The summed E-state index contributed by atoms with van der Waals surface area (Å²) in [6.07, 6.45) is 0. The SMILES string of the molecule is Cc1ccc(OCc2nnc(SCC(=O)Nc3cccc4ccccc34)n2N)c(C)c1. The maximum Gasteiger partial charge on any atom is 0.234 e. The zero-order chi connectivity index (χ0) is 21.8. The van der Waals surface area contributed by atoms with Gasteiger partial charge < -0.3 is 15.9 Å². The Labute approximate surface area is 184 Å². The van der Waals surface area contributed by atoms with Crippen LogP contribution in [-0.2, 0) is 11.4 Å². The van der Waals surface area contributed by atoms with Gasteiger partial charge in [-0.05, 0) is 36.9 Å². The predicted molar refractivity (Wildman–Crippen MR) is 124 cm³/mol. The van der Waals surface area contributed by atoms with Crippen LogP contribution in [0, 0.1) is 13.8 Å². The van der Waals surface area contributed by atoms with Crippen LogP contribution < -0.4 is 15.9 Å². The maximum atomic E-state index is 12.5. The zero-order valence-corrected chi connectivity index (χ0v) is 18.1. The average Bonchev–Trinajstić information content (AvgIpc) is 3.11. The Morgan fingerprint density at radius 1 is 1.10 bits per heavy atom. The van der Waals surface area contributed by atoms with Crippen molar-refractivity contribution >= 4 is 34.1 Å². The number of carbonyl (C=O) groups excluding carboxylic acids is 1. The number of fused-ring (bicyclic) bond motifs is 1. The summed E-state index contributed by atoms with van der Waals surface area (Å²) in [5.41, 5.74) is 3.00. The van der Waals surface area contributed by atoms with Crippen LogP contribution in [-0.4, -0.2) is 26.5 Å². The summed E-state index contributed by atoms with van der Waals surface area (Å²) in [7, 11) is 0. The van der Waals surface area contributed by atoms with E-state index in [1.54, 1.807) is 0 Å². The molecule has 0 aliphatic heterocycles. The lowest BCUT2D eigenvalue weighted by molar-refractivity contribution is -0.113. The molecule has 158 valence electrons. The first-order chi connectivity index (χ1) is 15.0. The average molecular weight is 434 g/mol. The first-order valence-corrected chi connectivity index (χ1v) is 10.8. The van der Waals surface area contributed by atoms with Gasteiger partial charge in [-0.2, -0.15) is 0 Å². The molecule has 0 unspecified atom stereocenters. The van der Waals surface area contributed by atoms with Gasteiger partial charge in [0.25, 0.3) is 0 Å². The van der Waals surface area contributed by atoms with E-state index >= 15 is 0 Å². The van der Waals surface area contributed by atoms with Gasteiger partial charge in [-0.1, -0.05) is 65.9 Å². The summed E-state index contributed by atoms with van der Waals surface area (Å²) in [6, 6.07) is 19.7. The van der Waals surface area contributed by atoms with Gasteiger partial charge in [0, 0.05) is 11.1 Å². The predicted octanol–water partition coefficient (Wildman–Crippen LogP) is 4.07. The fourth-order valence-corrected chi connectivity index (χ4v) is 3.93. The van der Waals surface area contributed by atoms with Gasteiger partial charge in [-0.3, -0.25) is 4.79 Å². The Kier molecular flexibility index (Phi) is 6.08. The van der Waals surface area contributed by atoms with E-state index in [-0.39, 0.29) is 18.3 Å². The van der Waals surface area contributed by atoms with Crippen LogP contribution in [0.4, 0.5) is 5.69 Å². The Morgan fingerprint density at radius 2 is 1.90 bits per heavy atom. The van der Waals surface area contributed by atoms with Crippen LogP contribution in [0.15, 0.2) is 65.8 Å². The lowest BCUT2D eigenvalue weighted by atomic mass is 10.1. The molecule has 0 spiro atoms. The highest BCUT2D eigenvalue weighted by Gasteiger charge is 2.14. The molecule has 3 N–H and O–H groups in total. The number of ether oxygens (including phenoxy) is 1. The molecule has 1 heterocycles. The number of nitrogens with two attached hydrogens (primary N) is 1. The van der Waals surface area contributed by atoms with Crippen molar-refractivity contribution in [3.05, 3.63) is 77.6 Å². The molecule has 0 saturated carbocycles. The second-order valence-electron chi connectivity index (χ2n) is 7.19. The third-order valence-corrected chi connectivity index (χ3v) is 5.76. The van der Waals surface area contributed by atoms with Gasteiger partial charge in [0.2, 0.25) is 11.1 Å². The molecule has 0 atom stereocenters. The minimum atomic E-state index is -0.141. The molecule has 0 fully saturated rings. The molecule has 1 amide bonds. The molecular weight excluding hydrogens is 410 g/mol. The van der Waals surface area contributed by atoms with Crippen LogP contribution >= 0.6 is 11.8 Å². The lowest BCUT2D eigenvalue weighted by Crippen LogP contribution is -2.18. The highest BCUT2D eigenvalue weighted by molar-refractivity contribution is 7.99. The minimum Gasteiger partial charge on any atom is -0.485 e. The highest BCUT2D eigenvalue weighted by Crippen LogP contribution is 2.24. The quantitative estimate of drug-likeness (QED) is 0.337. The maximum absolute atomic E-state index is 12.5. The number of nitrogens with zero attached hydrogens (tertiary/aromatic N) is 3. The third-order valence-electron chi connectivity index (χ3n) is 4.82. The second kappa shape index (κ2) is 9.09. The minimum absolute atomic E-state index is 0.141. The molecule has 4 rings (SSSR count). The van der Waals surface area contributed by atoms with E-state index in [1.165, 1.54) is 22.0 Å². The fraction of sp³-hybridized carbons (Fsp3) is 0.174. The van der Waals surface area contributed by atoms with Gasteiger partial charge in [-0.15, -0.1) is 10.2 Å². The van der Waals surface area contributed by atoms with E-state index in [2.05, 4.69) is 21.6 Å². The van der Waals surface area contributed by atoms with E-state index in [0.29, 0.717) is 11.0 Å². The largest absolute Gasteiger partial charge is 0.485 e. The van der Waals surface area contributed by atoms with Crippen LogP contribution in [0.3, 0.4) is 0 Å².